The average molecular weight is 242 g/mol. The molecule has 0 radical (unpaired) electrons. The molecule has 1 heterocycles. The first kappa shape index (κ1) is 12.8. The van der Waals surface area contributed by atoms with Gasteiger partial charge in [0.15, 0.2) is 0 Å². The van der Waals surface area contributed by atoms with Gasteiger partial charge in [-0.15, -0.1) is 6.58 Å². The maximum Gasteiger partial charge on any atom is 0.222 e. The molecule has 0 fully saturated rings. The summed E-state index contributed by atoms with van der Waals surface area (Å²) in [5, 5.41) is 7.63. The number of aryl methyl sites for hydroxylation is 2. The van der Waals surface area contributed by atoms with E-state index in [4.69, 9.17) is 11.6 Å². The summed E-state index contributed by atoms with van der Waals surface area (Å²) in [4.78, 5) is 11.3. The minimum Gasteiger partial charge on any atom is -0.353 e. The van der Waals surface area contributed by atoms with Crippen LogP contribution in [-0.2, 0) is 11.3 Å². The Balaban J connectivity index is 2.51. The van der Waals surface area contributed by atoms with E-state index in [9.17, 15) is 4.79 Å². The van der Waals surface area contributed by atoms with Crippen LogP contribution in [0.3, 0.4) is 0 Å². The Morgan fingerprint density at radius 2 is 2.31 bits per heavy atom. The summed E-state index contributed by atoms with van der Waals surface area (Å²) in [6.45, 7) is 8.31. The highest BCUT2D eigenvalue weighted by Crippen LogP contribution is 2.18. The highest BCUT2D eigenvalue weighted by molar-refractivity contribution is 6.31. The van der Waals surface area contributed by atoms with Crippen molar-refractivity contribution in [3.05, 3.63) is 29.1 Å². The van der Waals surface area contributed by atoms with E-state index < -0.39 is 0 Å². The van der Waals surface area contributed by atoms with E-state index in [1.807, 2.05) is 13.8 Å². The number of nitrogens with zero attached hydrogens (tertiary/aromatic N) is 2. The summed E-state index contributed by atoms with van der Waals surface area (Å²) in [5.41, 5.74) is 1.70. The van der Waals surface area contributed by atoms with Crippen molar-refractivity contribution in [3.63, 3.8) is 0 Å². The normalized spacial score (nSPS) is 10.2. The van der Waals surface area contributed by atoms with Gasteiger partial charge in [-0.1, -0.05) is 17.7 Å². The van der Waals surface area contributed by atoms with E-state index in [-0.39, 0.29) is 5.91 Å². The molecular formula is C11H16ClN3O. The summed E-state index contributed by atoms with van der Waals surface area (Å²) < 4.78 is 1.76. The molecule has 16 heavy (non-hydrogen) atoms. The molecule has 0 saturated heterocycles. The third-order valence-corrected chi connectivity index (χ3v) is 2.83. The summed E-state index contributed by atoms with van der Waals surface area (Å²) in [5.74, 6) is -0.0106. The first-order valence-electron chi connectivity index (χ1n) is 5.13. The lowest BCUT2D eigenvalue weighted by atomic mass is 10.3. The first-order chi connectivity index (χ1) is 7.56. The van der Waals surface area contributed by atoms with Crippen LogP contribution in [-0.4, -0.2) is 22.2 Å². The van der Waals surface area contributed by atoms with Crippen LogP contribution < -0.4 is 5.32 Å². The van der Waals surface area contributed by atoms with Crippen molar-refractivity contribution >= 4 is 17.5 Å². The number of aromatic nitrogens is 2. The van der Waals surface area contributed by atoms with Gasteiger partial charge in [0.1, 0.15) is 0 Å². The Morgan fingerprint density at radius 3 is 2.81 bits per heavy atom. The van der Waals surface area contributed by atoms with E-state index in [1.165, 1.54) is 0 Å². The Labute approximate surface area is 100 Å². The zero-order valence-corrected chi connectivity index (χ0v) is 10.3. The van der Waals surface area contributed by atoms with Gasteiger partial charge in [-0.3, -0.25) is 9.48 Å². The number of hydrogen-bond donors (Lipinski definition) is 1. The molecule has 1 N–H and O–H groups in total. The van der Waals surface area contributed by atoms with Crippen molar-refractivity contribution in [1.82, 2.24) is 15.1 Å². The molecule has 0 unspecified atom stereocenters. The topological polar surface area (TPSA) is 46.9 Å². The van der Waals surface area contributed by atoms with Gasteiger partial charge in [0.25, 0.3) is 0 Å². The van der Waals surface area contributed by atoms with Crippen molar-refractivity contribution in [2.45, 2.75) is 26.8 Å². The van der Waals surface area contributed by atoms with Gasteiger partial charge in [-0.05, 0) is 13.8 Å². The summed E-state index contributed by atoms with van der Waals surface area (Å²) in [7, 11) is 0. The molecule has 0 spiro atoms. The predicted molar refractivity (Wildman–Crippen MR) is 64.5 cm³/mol. The van der Waals surface area contributed by atoms with Crippen molar-refractivity contribution in [2.75, 3.05) is 6.54 Å². The number of amides is 1. The fraction of sp³-hybridized carbons (Fsp3) is 0.455. The molecule has 0 aliphatic carbocycles. The monoisotopic (exact) mass is 241 g/mol. The molecule has 0 aromatic carbocycles. The molecule has 1 aromatic heterocycles. The third-order valence-electron chi connectivity index (χ3n) is 2.29. The Kier molecular flexibility index (Phi) is 4.55. The summed E-state index contributed by atoms with van der Waals surface area (Å²) in [6, 6.07) is 0. The van der Waals surface area contributed by atoms with E-state index in [0.717, 1.165) is 11.4 Å². The number of halogens is 1. The van der Waals surface area contributed by atoms with Gasteiger partial charge in [0, 0.05) is 13.0 Å². The van der Waals surface area contributed by atoms with Crippen molar-refractivity contribution < 1.29 is 4.79 Å². The maximum absolute atomic E-state index is 11.3. The van der Waals surface area contributed by atoms with E-state index in [0.29, 0.717) is 24.5 Å². The molecule has 0 saturated carbocycles. The van der Waals surface area contributed by atoms with E-state index in [2.05, 4.69) is 17.0 Å². The fourth-order valence-corrected chi connectivity index (χ4v) is 1.51. The van der Waals surface area contributed by atoms with Gasteiger partial charge in [0.05, 0.1) is 23.0 Å². The van der Waals surface area contributed by atoms with Crippen LogP contribution in [0.4, 0.5) is 0 Å². The summed E-state index contributed by atoms with van der Waals surface area (Å²) in [6.07, 6.45) is 2.05. The van der Waals surface area contributed by atoms with Gasteiger partial charge in [0.2, 0.25) is 5.91 Å². The van der Waals surface area contributed by atoms with Crippen molar-refractivity contribution in [1.29, 1.82) is 0 Å². The highest BCUT2D eigenvalue weighted by atomic mass is 35.5. The second-order valence-corrected chi connectivity index (χ2v) is 3.93. The molecular weight excluding hydrogens is 226 g/mol. The second-order valence-electron chi connectivity index (χ2n) is 3.55. The highest BCUT2D eigenvalue weighted by Gasteiger charge is 2.09. The number of hydrogen-bond acceptors (Lipinski definition) is 2. The van der Waals surface area contributed by atoms with Crippen molar-refractivity contribution in [2.24, 2.45) is 0 Å². The van der Waals surface area contributed by atoms with E-state index >= 15 is 0 Å². The van der Waals surface area contributed by atoms with Crippen LogP contribution >= 0.6 is 11.6 Å². The van der Waals surface area contributed by atoms with Gasteiger partial charge >= 0.3 is 0 Å². The van der Waals surface area contributed by atoms with Crippen LogP contribution in [0.2, 0.25) is 5.02 Å². The lowest BCUT2D eigenvalue weighted by molar-refractivity contribution is -0.121. The number of rotatable bonds is 5. The SMILES string of the molecule is C=CCNC(=O)CCn1nc(C)c(Cl)c1C. The van der Waals surface area contributed by atoms with Gasteiger partial charge in [-0.2, -0.15) is 5.10 Å². The van der Waals surface area contributed by atoms with E-state index in [1.54, 1.807) is 10.8 Å². The molecule has 5 heteroatoms. The first-order valence-corrected chi connectivity index (χ1v) is 5.51. The lowest BCUT2D eigenvalue weighted by Crippen LogP contribution is -2.24. The second kappa shape index (κ2) is 5.70. The molecule has 1 rings (SSSR count). The standard InChI is InChI=1S/C11H16ClN3O/c1-4-6-13-10(16)5-7-15-9(3)11(12)8(2)14-15/h4H,1,5-7H2,2-3H3,(H,13,16). The van der Waals surface area contributed by atoms with Crippen LogP contribution in [0.1, 0.15) is 17.8 Å². The van der Waals surface area contributed by atoms with Crippen LogP contribution in [0, 0.1) is 13.8 Å². The molecule has 0 atom stereocenters. The Bertz CT molecular complexity index is 398. The smallest absolute Gasteiger partial charge is 0.222 e. The van der Waals surface area contributed by atoms with Gasteiger partial charge in [-0.25, -0.2) is 0 Å². The largest absolute Gasteiger partial charge is 0.353 e. The zero-order valence-electron chi connectivity index (χ0n) is 9.59. The quantitative estimate of drug-likeness (QED) is 0.800. The number of carbonyl (C=O) groups excluding carboxylic acids is 1. The zero-order chi connectivity index (χ0) is 12.1. The summed E-state index contributed by atoms with van der Waals surface area (Å²) >= 11 is 6.00. The fourth-order valence-electron chi connectivity index (χ4n) is 1.37. The molecule has 0 aliphatic rings. The van der Waals surface area contributed by atoms with Crippen LogP contribution in [0.15, 0.2) is 12.7 Å². The van der Waals surface area contributed by atoms with Crippen LogP contribution in [0.5, 0.6) is 0 Å². The predicted octanol–water partition coefficient (Wildman–Crippen LogP) is 1.85. The minimum atomic E-state index is -0.0106. The number of carbonyl (C=O) groups is 1. The molecule has 88 valence electrons. The van der Waals surface area contributed by atoms with Crippen molar-refractivity contribution in [3.8, 4) is 0 Å². The molecule has 4 nitrogen and oxygen atoms in total. The van der Waals surface area contributed by atoms with Crippen LogP contribution in [0.25, 0.3) is 0 Å². The average Bonchev–Trinajstić information content (AvgIpc) is 2.51. The molecule has 1 aromatic rings. The minimum absolute atomic E-state index is 0.0106. The Morgan fingerprint density at radius 1 is 1.62 bits per heavy atom. The molecule has 1 amide bonds. The molecule has 0 bridgehead atoms. The number of nitrogens with one attached hydrogen (secondary N) is 1. The maximum atomic E-state index is 11.3. The Hall–Kier alpha value is -1.29. The van der Waals surface area contributed by atoms with Gasteiger partial charge < -0.3 is 5.32 Å². The molecule has 0 aliphatic heterocycles. The lowest BCUT2D eigenvalue weighted by Gasteiger charge is -2.04. The third kappa shape index (κ3) is 3.10.